The van der Waals surface area contributed by atoms with Gasteiger partial charge in [0, 0.05) is 54.4 Å². The number of hydrogen-bond donors (Lipinski definition) is 0. The fourth-order valence-corrected chi connectivity index (χ4v) is 4.28. The molecule has 2 aromatic carbocycles. The van der Waals surface area contributed by atoms with Gasteiger partial charge in [-0.25, -0.2) is 23.8 Å². The fraction of sp³-hybridized carbons (Fsp3) is 0.167. The summed E-state index contributed by atoms with van der Waals surface area (Å²) in [6.07, 6.45) is 9.56. The van der Waals surface area contributed by atoms with Crippen LogP contribution in [0.25, 0.3) is 33.5 Å². The van der Waals surface area contributed by atoms with Gasteiger partial charge >= 0.3 is 0 Å². The predicted octanol–water partition coefficient (Wildman–Crippen LogP) is 6.68. The molecular weight excluding hydrogens is 613 g/mol. The molecule has 1 radical (unpaired) electrons. The van der Waals surface area contributed by atoms with Crippen molar-refractivity contribution in [2.24, 2.45) is 4.99 Å². The molecule has 0 saturated carbocycles. The van der Waals surface area contributed by atoms with Crippen molar-refractivity contribution >= 4 is 39.8 Å². The Hall–Kier alpha value is -2.78. The van der Waals surface area contributed by atoms with E-state index in [4.69, 9.17) is 13.7 Å². The van der Waals surface area contributed by atoms with Crippen molar-refractivity contribution < 1.29 is 33.8 Å². The molecule has 0 spiro atoms. The van der Waals surface area contributed by atoms with Crippen LogP contribution < -0.4 is 9.75 Å². The molecule has 0 fully saturated rings. The van der Waals surface area contributed by atoms with E-state index in [2.05, 4.69) is 58.9 Å². The normalized spacial score (nSPS) is 22.5. The van der Waals surface area contributed by atoms with Gasteiger partial charge in [0.1, 0.15) is 0 Å². The second kappa shape index (κ2) is 13.2. The quantitative estimate of drug-likeness (QED) is 0.211. The van der Waals surface area contributed by atoms with Gasteiger partial charge in [0.25, 0.3) is 0 Å². The summed E-state index contributed by atoms with van der Waals surface area (Å²) in [5.41, 5.74) is 0.596. The maximum absolute atomic E-state index is 7.83. The first-order valence-corrected chi connectivity index (χ1v) is 11.1. The van der Waals surface area contributed by atoms with Crippen LogP contribution in [0.3, 0.4) is 0 Å². The maximum atomic E-state index is 7.83. The summed E-state index contributed by atoms with van der Waals surface area (Å²) in [6, 6.07) is 18.0. The molecule has 1 aliphatic heterocycles. The summed E-state index contributed by atoms with van der Waals surface area (Å²) in [4.78, 5) is 7.58. The maximum Gasteiger partial charge on any atom is 0.0618 e. The minimum atomic E-state index is -2.42. The number of fused-ring (bicyclic) bond motifs is 3. The first-order chi connectivity index (χ1) is 20.3. The number of aryl methyl sites for hydroxylation is 1. The monoisotopic (exact) mass is 651 g/mol. The van der Waals surface area contributed by atoms with Crippen molar-refractivity contribution in [3.05, 3.63) is 106 Å². The van der Waals surface area contributed by atoms with E-state index in [-0.39, 0.29) is 49.0 Å². The number of aliphatic imine (C=N–C) groups is 1. The van der Waals surface area contributed by atoms with Gasteiger partial charge in [-0.3, -0.25) is 4.99 Å². The minimum Gasteiger partial charge on any atom is -0.304 e. The molecule has 0 bridgehead atoms. The largest absolute Gasteiger partial charge is 0.304 e. The molecule has 34 heavy (non-hydrogen) atoms. The SMILES string of the molecule is C1=c2sc3ccccc3c2=CC[CH-]1.[2H]C1C=NC=C(C([2H])([2H])[2H])C1[2H].[2H]c1c(C([2H])([2H])[2H])cnc(-c2[c-]cccc2)c1[2H].[Ir]. The zero-order valence-electron chi connectivity index (χ0n) is 28.1. The number of pyridine rings is 1. The third-order valence-electron chi connectivity index (χ3n) is 4.65. The Bertz CT molecular complexity index is 1760. The van der Waals surface area contributed by atoms with Gasteiger partial charge in [0.05, 0.1) is 2.74 Å². The Morgan fingerprint density at radius 3 is 2.88 bits per heavy atom. The standard InChI is InChI=1S/C12H10N.C12H9S.C6H9N.Ir/c1-10-7-8-12(13-9-10)11-5-3-2-4-6-11;1-3-7-11-9(5-1)10-6-2-4-8-12(10)13-11;1-6-3-2-4-7-5-6;/h2-5,7-9H,1H3;1,3-8H,2H2;4-5H,2-3H2,1H3;/q2*-1;;/i1D3,7D,8D;;1D3,2D,3D;. The number of thiophene rings is 1. The third kappa shape index (κ3) is 7.11. The number of allylic oxidation sites excluding steroid dienone is 1. The van der Waals surface area contributed by atoms with Crippen LogP contribution in [-0.4, -0.2) is 11.2 Å². The summed E-state index contributed by atoms with van der Waals surface area (Å²) in [7, 11) is 0. The number of nitrogens with zero attached hydrogens (tertiary/aromatic N) is 2. The molecule has 175 valence electrons. The van der Waals surface area contributed by atoms with Gasteiger partial charge in [0.2, 0.25) is 0 Å². The van der Waals surface area contributed by atoms with E-state index >= 15 is 0 Å². The van der Waals surface area contributed by atoms with Crippen LogP contribution in [0, 0.1) is 19.3 Å². The molecule has 3 heterocycles. The van der Waals surface area contributed by atoms with E-state index in [0.717, 1.165) is 18.8 Å². The molecule has 0 saturated heterocycles. The van der Waals surface area contributed by atoms with Crippen molar-refractivity contribution in [2.45, 2.75) is 32.9 Å². The molecule has 0 N–H and O–H groups in total. The van der Waals surface area contributed by atoms with E-state index in [1.165, 1.54) is 26.1 Å². The summed E-state index contributed by atoms with van der Waals surface area (Å²) >= 11 is 1.88. The molecule has 2 atom stereocenters. The van der Waals surface area contributed by atoms with Crippen molar-refractivity contribution in [3.63, 3.8) is 0 Å². The van der Waals surface area contributed by atoms with E-state index in [0.29, 0.717) is 5.56 Å². The average molecular weight is 651 g/mol. The molecule has 1 aliphatic carbocycles. The number of hydrogen-bond acceptors (Lipinski definition) is 3. The van der Waals surface area contributed by atoms with E-state index < -0.39 is 26.5 Å². The Morgan fingerprint density at radius 1 is 1.15 bits per heavy atom. The third-order valence-corrected chi connectivity index (χ3v) is 5.81. The molecule has 2 aliphatic rings. The predicted molar refractivity (Wildman–Crippen MR) is 144 cm³/mol. The summed E-state index contributed by atoms with van der Waals surface area (Å²) in [6.45, 7) is -4.71. The van der Waals surface area contributed by atoms with Crippen LogP contribution >= 0.6 is 11.3 Å². The second-order valence-electron chi connectivity index (χ2n) is 7.01. The Morgan fingerprint density at radius 2 is 2.06 bits per heavy atom. The topological polar surface area (TPSA) is 25.2 Å². The van der Waals surface area contributed by atoms with Gasteiger partial charge < -0.3 is 4.98 Å². The van der Waals surface area contributed by atoms with Crippen molar-refractivity contribution in [2.75, 3.05) is 0 Å². The van der Waals surface area contributed by atoms with Crippen molar-refractivity contribution in [1.29, 1.82) is 0 Å². The summed E-state index contributed by atoms with van der Waals surface area (Å²) in [5, 5.41) is 2.84. The Kier molecular flexibility index (Phi) is 5.92. The van der Waals surface area contributed by atoms with Crippen molar-refractivity contribution in [3.8, 4) is 11.3 Å². The van der Waals surface area contributed by atoms with Gasteiger partial charge in [-0.2, -0.15) is 0 Å². The number of aromatic nitrogens is 1. The molecular formula is C30H28IrN2S-2. The van der Waals surface area contributed by atoms with Gasteiger partial charge in [-0.1, -0.05) is 47.5 Å². The van der Waals surface area contributed by atoms with Crippen LogP contribution in [0.1, 0.15) is 45.3 Å². The zero-order valence-corrected chi connectivity index (χ0v) is 21.3. The molecule has 2 aromatic heterocycles. The van der Waals surface area contributed by atoms with Crippen LogP contribution in [0.2, 0.25) is 0 Å². The van der Waals surface area contributed by atoms with E-state index in [9.17, 15) is 0 Å². The second-order valence-corrected chi connectivity index (χ2v) is 8.09. The molecule has 2 unspecified atom stereocenters. The van der Waals surface area contributed by atoms with Crippen molar-refractivity contribution in [1.82, 2.24) is 4.98 Å². The Balaban J connectivity index is 0.000000183. The smallest absolute Gasteiger partial charge is 0.0618 e. The molecule has 2 nitrogen and oxygen atoms in total. The molecule has 6 rings (SSSR count). The fourth-order valence-electron chi connectivity index (χ4n) is 3.14. The number of benzene rings is 2. The van der Waals surface area contributed by atoms with E-state index in [1.54, 1.807) is 24.3 Å². The molecule has 4 heteroatoms. The van der Waals surface area contributed by atoms with Crippen LogP contribution in [0.4, 0.5) is 0 Å². The average Bonchev–Trinajstić information content (AvgIpc) is 3.35. The first-order valence-electron chi connectivity index (χ1n) is 15.5. The van der Waals surface area contributed by atoms with Gasteiger partial charge in [-0.15, -0.1) is 46.5 Å². The number of rotatable bonds is 1. The minimum absolute atomic E-state index is 0. The van der Waals surface area contributed by atoms with Gasteiger partial charge in [-0.05, 0) is 49.2 Å². The first kappa shape index (κ1) is 15.3. The zero-order chi connectivity index (χ0) is 31.4. The molecule has 4 aromatic rings. The van der Waals surface area contributed by atoms with Crippen LogP contribution in [-0.2, 0) is 20.1 Å². The Labute approximate surface area is 233 Å². The van der Waals surface area contributed by atoms with Crippen LogP contribution in [0.5, 0.6) is 0 Å². The van der Waals surface area contributed by atoms with Crippen LogP contribution in [0.15, 0.2) is 83.6 Å². The molecule has 0 amide bonds. The summed E-state index contributed by atoms with van der Waals surface area (Å²) in [5.74, 6) is 0. The van der Waals surface area contributed by atoms with Gasteiger partial charge in [0.15, 0.2) is 0 Å². The van der Waals surface area contributed by atoms with E-state index in [1.807, 2.05) is 11.3 Å². The summed E-state index contributed by atoms with van der Waals surface area (Å²) < 4.78 is 75.9.